The van der Waals surface area contributed by atoms with Crippen LogP contribution in [0.3, 0.4) is 0 Å². The topological polar surface area (TPSA) is 96.0 Å². The highest BCUT2D eigenvalue weighted by Gasteiger charge is 2.32. The number of ether oxygens (including phenoxy) is 1. The molecule has 0 unspecified atom stereocenters. The lowest BCUT2D eigenvalue weighted by Crippen LogP contribution is -2.51. The maximum atomic E-state index is 14.1. The summed E-state index contributed by atoms with van der Waals surface area (Å²) < 4.78 is 36.0. The predicted molar refractivity (Wildman–Crippen MR) is 181 cm³/mol. The third-order valence-corrected chi connectivity index (χ3v) is 9.57. The largest absolute Gasteiger partial charge is 0.457 e. The molecule has 0 aliphatic carbocycles. The van der Waals surface area contributed by atoms with Gasteiger partial charge in [-0.3, -0.25) is 13.9 Å². The van der Waals surface area contributed by atoms with Gasteiger partial charge in [0.1, 0.15) is 24.1 Å². The highest BCUT2D eigenvalue weighted by molar-refractivity contribution is 9.10. The number of anilines is 1. The molecule has 2 amide bonds. The summed E-state index contributed by atoms with van der Waals surface area (Å²) in [5.74, 6) is 0.332. The van der Waals surface area contributed by atoms with Crippen LogP contribution in [-0.2, 0) is 26.2 Å². The van der Waals surface area contributed by atoms with Crippen molar-refractivity contribution in [3.63, 3.8) is 0 Å². The van der Waals surface area contributed by atoms with Crippen LogP contribution >= 0.6 is 15.9 Å². The average molecular weight is 693 g/mol. The summed E-state index contributed by atoms with van der Waals surface area (Å²) in [6.07, 6.45) is 1.73. The lowest BCUT2D eigenvalue weighted by molar-refractivity contribution is -0.139. The van der Waals surface area contributed by atoms with Gasteiger partial charge in [-0.2, -0.15) is 0 Å². The zero-order valence-electron chi connectivity index (χ0n) is 25.6. The van der Waals surface area contributed by atoms with Crippen molar-refractivity contribution in [1.29, 1.82) is 0 Å². The minimum atomic E-state index is -4.17. The minimum Gasteiger partial charge on any atom is -0.457 e. The minimum absolute atomic E-state index is 0.0512. The summed E-state index contributed by atoms with van der Waals surface area (Å²) in [6.45, 7) is 5.66. The van der Waals surface area contributed by atoms with Crippen molar-refractivity contribution in [3.05, 3.63) is 119 Å². The van der Waals surface area contributed by atoms with Crippen LogP contribution in [0.25, 0.3) is 0 Å². The lowest BCUT2D eigenvalue weighted by Gasteiger charge is -2.32. The van der Waals surface area contributed by atoms with Crippen LogP contribution in [0.5, 0.6) is 11.5 Å². The molecule has 0 aliphatic heterocycles. The number of para-hydroxylation sites is 1. The van der Waals surface area contributed by atoms with Crippen molar-refractivity contribution < 1.29 is 22.7 Å². The highest BCUT2D eigenvalue weighted by atomic mass is 79.9. The molecule has 0 saturated carbocycles. The molecule has 4 rings (SSSR count). The second-order valence-electron chi connectivity index (χ2n) is 10.7. The number of unbranched alkanes of at least 4 members (excludes halogenated alkanes) is 1. The molecule has 10 heteroatoms. The van der Waals surface area contributed by atoms with Gasteiger partial charge >= 0.3 is 0 Å². The van der Waals surface area contributed by atoms with E-state index in [2.05, 4.69) is 21.2 Å². The maximum absolute atomic E-state index is 14.1. The van der Waals surface area contributed by atoms with Crippen molar-refractivity contribution in [2.24, 2.45) is 0 Å². The molecule has 1 N–H and O–H groups in total. The first-order valence-electron chi connectivity index (χ1n) is 14.8. The van der Waals surface area contributed by atoms with Gasteiger partial charge in [0.15, 0.2) is 0 Å². The van der Waals surface area contributed by atoms with Crippen LogP contribution in [0.4, 0.5) is 5.69 Å². The fourth-order valence-corrected chi connectivity index (χ4v) is 6.25. The molecule has 236 valence electrons. The van der Waals surface area contributed by atoms with Crippen molar-refractivity contribution in [2.45, 2.75) is 51.1 Å². The fourth-order valence-electron chi connectivity index (χ4n) is 4.58. The van der Waals surface area contributed by atoms with Gasteiger partial charge in [-0.15, -0.1) is 0 Å². The molecule has 45 heavy (non-hydrogen) atoms. The number of carbonyl (C=O) groups excluding carboxylic acids is 2. The van der Waals surface area contributed by atoms with Crippen molar-refractivity contribution in [1.82, 2.24) is 10.2 Å². The van der Waals surface area contributed by atoms with Crippen molar-refractivity contribution in [2.75, 3.05) is 17.4 Å². The summed E-state index contributed by atoms with van der Waals surface area (Å²) in [5, 5.41) is 2.90. The molecule has 0 heterocycles. The summed E-state index contributed by atoms with van der Waals surface area (Å²) in [4.78, 5) is 28.7. The number of hydrogen-bond acceptors (Lipinski definition) is 5. The van der Waals surface area contributed by atoms with Gasteiger partial charge in [0.25, 0.3) is 10.0 Å². The van der Waals surface area contributed by atoms with Crippen LogP contribution in [-0.4, -0.2) is 44.3 Å². The fraction of sp³-hybridized carbons (Fsp3) is 0.257. The van der Waals surface area contributed by atoms with Gasteiger partial charge in [-0.1, -0.05) is 77.3 Å². The quantitative estimate of drug-likeness (QED) is 0.143. The van der Waals surface area contributed by atoms with E-state index in [1.54, 1.807) is 43.3 Å². The van der Waals surface area contributed by atoms with Crippen LogP contribution < -0.4 is 14.4 Å². The molecule has 0 fully saturated rings. The number of hydrogen-bond donors (Lipinski definition) is 1. The molecule has 0 spiro atoms. The van der Waals surface area contributed by atoms with Gasteiger partial charge < -0.3 is 15.0 Å². The number of aryl methyl sites for hydroxylation is 1. The number of nitrogens with one attached hydrogen (secondary N) is 1. The maximum Gasteiger partial charge on any atom is 0.264 e. The predicted octanol–water partition coefficient (Wildman–Crippen LogP) is 7.08. The van der Waals surface area contributed by atoms with E-state index in [0.717, 1.165) is 32.7 Å². The Kier molecular flexibility index (Phi) is 11.8. The van der Waals surface area contributed by atoms with Gasteiger partial charge in [0.05, 0.1) is 10.6 Å². The van der Waals surface area contributed by atoms with E-state index in [0.29, 0.717) is 18.0 Å². The molecular formula is C35H38BrN3O5S. The normalized spacial score (nSPS) is 11.8. The number of carbonyl (C=O) groups is 2. The number of sulfonamides is 1. The van der Waals surface area contributed by atoms with Crippen LogP contribution in [0.1, 0.15) is 37.8 Å². The molecule has 4 aromatic rings. The van der Waals surface area contributed by atoms with E-state index < -0.39 is 28.5 Å². The van der Waals surface area contributed by atoms with Gasteiger partial charge in [-0.25, -0.2) is 8.42 Å². The van der Waals surface area contributed by atoms with Gasteiger partial charge in [0, 0.05) is 17.6 Å². The summed E-state index contributed by atoms with van der Waals surface area (Å²) in [5.41, 5.74) is 1.99. The summed E-state index contributed by atoms with van der Waals surface area (Å²) in [6, 6.07) is 28.9. The Hall–Kier alpha value is -4.15. The third kappa shape index (κ3) is 9.18. The standard InChI is InChI=1S/C35H38BrN3O5S/c1-4-5-23-37-35(41)27(3)38(24-28-13-15-29(36)16-14-28)34(40)25-39(45(42,43)33-21-11-26(2)12-22-33)30-17-19-32(20-18-30)44-31-9-7-6-8-10-31/h6-22,27H,4-5,23-25H2,1-3H3,(H,37,41)/t27-/m0/s1. The smallest absolute Gasteiger partial charge is 0.264 e. The van der Waals surface area contributed by atoms with E-state index in [4.69, 9.17) is 4.74 Å². The van der Waals surface area contributed by atoms with Crippen LogP contribution in [0.2, 0.25) is 0 Å². The van der Waals surface area contributed by atoms with E-state index in [1.807, 2.05) is 68.4 Å². The molecule has 0 aromatic heterocycles. The Labute approximate surface area is 274 Å². The monoisotopic (exact) mass is 691 g/mol. The van der Waals surface area contributed by atoms with E-state index in [1.165, 1.54) is 17.0 Å². The zero-order valence-corrected chi connectivity index (χ0v) is 28.1. The third-order valence-electron chi connectivity index (χ3n) is 7.25. The molecule has 0 radical (unpaired) electrons. The Morgan fingerprint density at radius 1 is 0.867 bits per heavy atom. The molecule has 0 aliphatic rings. The molecule has 0 bridgehead atoms. The SMILES string of the molecule is CCCCNC(=O)[C@H](C)N(Cc1ccc(Br)cc1)C(=O)CN(c1ccc(Oc2ccccc2)cc1)S(=O)(=O)c1ccc(C)cc1. The molecule has 1 atom stereocenters. The molecule has 0 saturated heterocycles. The first-order chi connectivity index (χ1) is 21.6. The second-order valence-corrected chi connectivity index (χ2v) is 13.5. The van der Waals surface area contributed by atoms with Gasteiger partial charge in [0.2, 0.25) is 11.8 Å². The number of amides is 2. The van der Waals surface area contributed by atoms with Crippen LogP contribution in [0.15, 0.2) is 112 Å². The average Bonchev–Trinajstić information content (AvgIpc) is 3.04. The first kappa shape index (κ1) is 33.7. The number of nitrogens with zero attached hydrogens (tertiary/aromatic N) is 2. The highest BCUT2D eigenvalue weighted by Crippen LogP contribution is 2.29. The zero-order chi connectivity index (χ0) is 32.4. The Morgan fingerprint density at radius 3 is 2.11 bits per heavy atom. The second kappa shape index (κ2) is 15.7. The molecular weight excluding hydrogens is 654 g/mol. The summed E-state index contributed by atoms with van der Waals surface area (Å²) in [7, 11) is -4.17. The van der Waals surface area contributed by atoms with Gasteiger partial charge in [-0.05, 0) is 86.5 Å². The Balaban J connectivity index is 1.68. The van der Waals surface area contributed by atoms with Crippen molar-refractivity contribution >= 4 is 43.5 Å². The summed E-state index contributed by atoms with van der Waals surface area (Å²) >= 11 is 3.43. The Bertz CT molecular complexity index is 1660. The molecule has 8 nitrogen and oxygen atoms in total. The Morgan fingerprint density at radius 2 is 1.49 bits per heavy atom. The van der Waals surface area contributed by atoms with E-state index in [9.17, 15) is 18.0 Å². The van der Waals surface area contributed by atoms with Crippen molar-refractivity contribution in [3.8, 4) is 11.5 Å². The molecule has 4 aromatic carbocycles. The number of halogens is 1. The van der Waals surface area contributed by atoms with E-state index >= 15 is 0 Å². The van der Waals surface area contributed by atoms with E-state index in [-0.39, 0.29) is 23.0 Å². The first-order valence-corrected chi connectivity index (χ1v) is 17.1. The van der Waals surface area contributed by atoms with Crippen LogP contribution in [0, 0.1) is 6.92 Å². The number of rotatable bonds is 14. The lowest BCUT2D eigenvalue weighted by atomic mass is 10.1. The number of benzene rings is 4.